The molecule has 2 aromatic heterocycles. The molecule has 6 rings (SSSR count). The molecule has 75 heavy (non-hydrogen) atoms. The van der Waals surface area contributed by atoms with Crippen LogP contribution in [0, 0.1) is 27.7 Å². The zero-order valence-corrected chi connectivity index (χ0v) is 47.2. The van der Waals surface area contributed by atoms with Crippen molar-refractivity contribution in [2.75, 3.05) is 7.11 Å². The summed E-state index contributed by atoms with van der Waals surface area (Å²) in [7, 11) is 1.40. The number of carbonyl (C=O) groups is 2. The highest BCUT2D eigenvalue weighted by Crippen LogP contribution is 2.43. The highest BCUT2D eigenvalue weighted by molar-refractivity contribution is 5.75. The third-order valence-corrected chi connectivity index (χ3v) is 16.4. The molecular formula is C67H84N2O6. The van der Waals surface area contributed by atoms with Crippen LogP contribution in [0.4, 0.5) is 0 Å². The molecule has 0 bridgehead atoms. The van der Waals surface area contributed by atoms with E-state index >= 15 is 0 Å². The maximum absolute atomic E-state index is 11.7. The van der Waals surface area contributed by atoms with Crippen LogP contribution >= 0.6 is 0 Å². The van der Waals surface area contributed by atoms with Crippen LogP contribution in [0.2, 0.25) is 0 Å². The van der Waals surface area contributed by atoms with E-state index in [2.05, 4.69) is 150 Å². The number of carboxylic acids is 1. The lowest BCUT2D eigenvalue weighted by Gasteiger charge is -2.34. The first kappa shape index (κ1) is 59.4. The number of aromatic nitrogens is 2. The summed E-state index contributed by atoms with van der Waals surface area (Å²) < 4.78 is 4.82. The lowest BCUT2D eigenvalue weighted by Crippen LogP contribution is -2.26. The lowest BCUT2D eigenvalue weighted by atomic mass is 9.69. The van der Waals surface area contributed by atoms with Crippen LogP contribution in [0.5, 0.6) is 0 Å². The molecule has 398 valence electrons. The number of ether oxygens (including phenoxy) is 1. The maximum atomic E-state index is 11.7. The minimum atomic E-state index is -0.857. The van der Waals surface area contributed by atoms with E-state index in [1.54, 1.807) is 18.6 Å². The van der Waals surface area contributed by atoms with Gasteiger partial charge in [0.15, 0.2) is 0 Å². The fourth-order valence-corrected chi connectivity index (χ4v) is 10.7. The van der Waals surface area contributed by atoms with Crippen LogP contribution in [0.15, 0.2) is 122 Å². The molecular weight excluding hydrogens is 929 g/mol. The number of pyridine rings is 2. The predicted molar refractivity (Wildman–Crippen MR) is 310 cm³/mol. The van der Waals surface area contributed by atoms with Crippen molar-refractivity contribution in [3.63, 3.8) is 0 Å². The minimum absolute atomic E-state index is 0.0343. The number of rotatable bonds is 22. The molecule has 2 heterocycles. The summed E-state index contributed by atoms with van der Waals surface area (Å²) in [4.78, 5) is 31.5. The van der Waals surface area contributed by atoms with Crippen LogP contribution in [0.25, 0.3) is 34.4 Å². The Morgan fingerprint density at radius 2 is 0.827 bits per heavy atom. The molecule has 0 unspecified atom stereocenters. The monoisotopic (exact) mass is 1010 g/mol. The number of esters is 1. The summed E-state index contributed by atoms with van der Waals surface area (Å²) in [6, 6.07) is 30.8. The molecule has 6 aromatic rings. The van der Waals surface area contributed by atoms with Crippen LogP contribution in [0.3, 0.4) is 0 Å². The number of nitrogens with zero attached hydrogens (tertiary/aromatic N) is 2. The smallest absolute Gasteiger partial charge is 0.310 e. The molecule has 0 amide bonds. The molecule has 0 fully saturated rings. The van der Waals surface area contributed by atoms with E-state index in [0.29, 0.717) is 31.2 Å². The third-order valence-electron chi connectivity index (χ3n) is 16.4. The van der Waals surface area contributed by atoms with Crippen LogP contribution in [-0.2, 0) is 38.0 Å². The Labute approximate surface area is 449 Å². The molecule has 0 saturated carbocycles. The highest BCUT2D eigenvalue weighted by Gasteiger charge is 2.33. The number of aliphatic hydroxyl groups is 2. The fraction of sp³-hybridized carbons (Fsp3) is 0.403. The molecule has 8 heteroatoms. The first-order valence-corrected chi connectivity index (χ1v) is 27.2. The Balaban J connectivity index is 0.000000277. The van der Waals surface area contributed by atoms with Crippen molar-refractivity contribution in [3.8, 4) is 22.3 Å². The zero-order valence-electron chi connectivity index (χ0n) is 47.2. The van der Waals surface area contributed by atoms with Gasteiger partial charge in [-0.25, -0.2) is 0 Å². The normalized spacial score (nSPS) is 12.3. The Hall–Kier alpha value is -6.48. The second-order valence-electron chi connectivity index (χ2n) is 20.6. The van der Waals surface area contributed by atoms with Crippen molar-refractivity contribution in [1.29, 1.82) is 0 Å². The SMILES string of the molecule is CCC(O)(/C=C/c1ccc(C(CC)(CC)c2ccc(-c3cncc(CC(=O)O)c3)c(C)c2)cc1C)CC.CCC(O)(/C=C/c1ccc(C(CC)(CC)c2ccc(-c3cncc(CC(=O)OC)c3)c(C)c2)cc1C)CC. The number of hydrogen-bond acceptors (Lipinski definition) is 7. The Kier molecular flexibility index (Phi) is 20.9. The van der Waals surface area contributed by atoms with Crippen LogP contribution in [0.1, 0.15) is 174 Å². The van der Waals surface area contributed by atoms with Crippen molar-refractivity contribution in [3.05, 3.63) is 189 Å². The molecule has 0 radical (unpaired) electrons. The number of carboxylic acid groups (broad SMARTS) is 1. The number of aryl methyl sites for hydroxylation is 4. The largest absolute Gasteiger partial charge is 0.481 e. The molecule has 0 aliphatic carbocycles. The average Bonchev–Trinajstić information content (AvgIpc) is 3.41. The molecule has 0 aliphatic heterocycles. The first-order chi connectivity index (χ1) is 35.8. The number of benzene rings is 4. The van der Waals surface area contributed by atoms with E-state index in [4.69, 9.17) is 9.84 Å². The van der Waals surface area contributed by atoms with E-state index in [-0.39, 0.29) is 29.6 Å². The van der Waals surface area contributed by atoms with Gasteiger partial charge in [0.05, 0.1) is 31.2 Å². The number of aliphatic carboxylic acids is 1. The molecule has 3 N–H and O–H groups in total. The first-order valence-electron chi connectivity index (χ1n) is 27.2. The van der Waals surface area contributed by atoms with Gasteiger partial charge in [-0.1, -0.05) is 152 Å². The van der Waals surface area contributed by atoms with Crippen molar-refractivity contribution in [2.45, 2.75) is 169 Å². The summed E-state index contributed by atoms with van der Waals surface area (Å²) in [6.07, 6.45) is 21.9. The van der Waals surface area contributed by atoms with Gasteiger partial charge in [-0.3, -0.25) is 19.6 Å². The zero-order chi connectivity index (χ0) is 55.1. The predicted octanol–water partition coefficient (Wildman–Crippen LogP) is 15.4. The summed E-state index contributed by atoms with van der Waals surface area (Å²) in [6.45, 7) is 25.6. The van der Waals surface area contributed by atoms with Crippen molar-refractivity contribution in [1.82, 2.24) is 9.97 Å². The van der Waals surface area contributed by atoms with E-state index in [1.807, 2.05) is 58.2 Å². The maximum Gasteiger partial charge on any atom is 0.310 e. The fourth-order valence-electron chi connectivity index (χ4n) is 10.7. The molecule has 8 nitrogen and oxygen atoms in total. The van der Waals surface area contributed by atoms with Crippen molar-refractivity contribution < 1.29 is 29.6 Å². The highest BCUT2D eigenvalue weighted by atomic mass is 16.5. The second kappa shape index (κ2) is 26.3. The van der Waals surface area contributed by atoms with E-state index in [9.17, 15) is 19.8 Å². The van der Waals surface area contributed by atoms with Gasteiger partial charge in [-0.15, -0.1) is 0 Å². The summed E-state index contributed by atoms with van der Waals surface area (Å²) in [5, 5.41) is 30.5. The number of hydrogen-bond donors (Lipinski definition) is 3. The van der Waals surface area contributed by atoms with Gasteiger partial charge in [0, 0.05) is 46.7 Å². The number of carbonyl (C=O) groups excluding carboxylic acids is 1. The average molecular weight is 1010 g/mol. The Morgan fingerprint density at radius 3 is 1.13 bits per heavy atom. The van der Waals surface area contributed by atoms with Gasteiger partial charge < -0.3 is 20.1 Å². The van der Waals surface area contributed by atoms with Gasteiger partial charge in [0.25, 0.3) is 0 Å². The van der Waals surface area contributed by atoms with Crippen molar-refractivity contribution >= 4 is 24.1 Å². The minimum Gasteiger partial charge on any atom is -0.481 e. The molecule has 0 atom stereocenters. The van der Waals surface area contributed by atoms with Gasteiger partial charge in [0.2, 0.25) is 0 Å². The van der Waals surface area contributed by atoms with Crippen LogP contribution < -0.4 is 0 Å². The lowest BCUT2D eigenvalue weighted by molar-refractivity contribution is -0.140. The van der Waals surface area contributed by atoms with Gasteiger partial charge >= 0.3 is 11.9 Å². The summed E-state index contributed by atoms with van der Waals surface area (Å²) in [5.74, 6) is -1.13. The molecule has 0 saturated heterocycles. The van der Waals surface area contributed by atoms with E-state index in [1.165, 1.54) is 46.1 Å². The van der Waals surface area contributed by atoms with E-state index in [0.717, 1.165) is 70.2 Å². The second-order valence-corrected chi connectivity index (χ2v) is 20.6. The Morgan fingerprint density at radius 1 is 0.480 bits per heavy atom. The van der Waals surface area contributed by atoms with Crippen LogP contribution in [-0.4, -0.2) is 55.5 Å². The summed E-state index contributed by atoms with van der Waals surface area (Å²) >= 11 is 0. The molecule has 0 spiro atoms. The standard InChI is InChI=1S/C34H43NO3.C33H41NO3/c1-8-33(37,9-2)17-16-27-12-13-29(18-24(27)5)34(10-3,11-4)30-14-15-31(25(6)19-30)28-20-26(22-35-23-28)21-32(36)38-7;1-7-32(37,8-2)16-15-26-11-12-28(17-23(26)5)33(9-3,10-4)29-13-14-30(24(6)18-29)27-19-25(20-31(35)36)21-34-22-27/h12-20,22-23,37H,8-11,21H2,1-7H3;11-19,21-22,37H,7-10,20H2,1-6H3,(H,35,36)/b17-16+;16-15+. The van der Waals surface area contributed by atoms with Crippen molar-refractivity contribution in [2.24, 2.45) is 0 Å². The quantitative estimate of drug-likeness (QED) is 0.0573. The molecule has 4 aromatic carbocycles. The van der Waals surface area contributed by atoms with Gasteiger partial charge in [-0.05, 0) is 169 Å². The van der Waals surface area contributed by atoms with Gasteiger partial charge in [0.1, 0.15) is 0 Å². The Bertz CT molecular complexity index is 2950. The summed E-state index contributed by atoms with van der Waals surface area (Å²) in [5.41, 5.74) is 16.1. The molecule has 0 aliphatic rings. The van der Waals surface area contributed by atoms with Gasteiger partial charge in [-0.2, -0.15) is 0 Å². The topological polar surface area (TPSA) is 130 Å². The number of methoxy groups -OCH3 is 1. The third kappa shape index (κ3) is 14.1. The van der Waals surface area contributed by atoms with E-state index < -0.39 is 17.2 Å².